The summed E-state index contributed by atoms with van der Waals surface area (Å²) >= 11 is 0. The van der Waals surface area contributed by atoms with Gasteiger partial charge in [0.15, 0.2) is 5.78 Å². The smallest absolute Gasteiger partial charge is 0.192 e. The van der Waals surface area contributed by atoms with Crippen molar-refractivity contribution in [3.05, 3.63) is 65.9 Å². The van der Waals surface area contributed by atoms with E-state index >= 15 is 0 Å². The van der Waals surface area contributed by atoms with Crippen molar-refractivity contribution in [1.29, 1.82) is 0 Å². The van der Waals surface area contributed by atoms with Crippen molar-refractivity contribution >= 4 is 17.3 Å². The third kappa shape index (κ3) is 1.94. The zero-order chi connectivity index (χ0) is 14.2. The molecular weight excluding hydrogens is 266 g/mol. The number of fused-ring (bicyclic) bond motifs is 3. The van der Waals surface area contributed by atoms with Gasteiger partial charge in [-0.05, 0) is 18.2 Å². The van der Waals surface area contributed by atoms with Crippen molar-refractivity contribution in [3.63, 3.8) is 0 Å². The number of ketones is 1. The highest BCUT2D eigenvalue weighted by Crippen LogP contribution is 2.29. The molecule has 0 amide bonds. The van der Waals surface area contributed by atoms with Gasteiger partial charge in [0.05, 0.1) is 24.1 Å². The Morgan fingerprint density at radius 1 is 1.33 bits per heavy atom. The highest BCUT2D eigenvalue weighted by Gasteiger charge is 2.29. The highest BCUT2D eigenvalue weighted by molar-refractivity contribution is 6.10. The highest BCUT2D eigenvalue weighted by atomic mass is 16.3. The zero-order valence-electron chi connectivity index (χ0n) is 11.2. The number of carbonyl (C=O) groups excluding carboxylic acids is 1. The van der Waals surface area contributed by atoms with Gasteiger partial charge in [-0.3, -0.25) is 9.79 Å². The lowest BCUT2D eigenvalue weighted by Crippen LogP contribution is -2.36. The summed E-state index contributed by atoms with van der Waals surface area (Å²) in [7, 11) is 0. The molecule has 4 rings (SSSR count). The minimum Gasteiger partial charge on any atom is -0.472 e. The summed E-state index contributed by atoms with van der Waals surface area (Å²) in [4.78, 5) is 18.8. The molecule has 5 heteroatoms. The van der Waals surface area contributed by atoms with Gasteiger partial charge in [-0.1, -0.05) is 12.1 Å². The predicted octanol–water partition coefficient (Wildman–Crippen LogP) is 2.49. The number of anilines is 1. The van der Waals surface area contributed by atoms with Crippen LogP contribution in [0.2, 0.25) is 0 Å². The molecule has 1 aromatic carbocycles. The molecule has 0 aliphatic carbocycles. The molecular formula is C16H13N3O2. The van der Waals surface area contributed by atoms with E-state index in [-0.39, 0.29) is 5.78 Å². The second-order valence-corrected chi connectivity index (χ2v) is 4.93. The maximum atomic E-state index is 12.2. The van der Waals surface area contributed by atoms with E-state index in [4.69, 9.17) is 4.42 Å². The quantitative estimate of drug-likeness (QED) is 0.678. The molecule has 0 saturated heterocycles. The summed E-state index contributed by atoms with van der Waals surface area (Å²) in [6.07, 6.45) is 4.55. The third-order valence-corrected chi connectivity index (χ3v) is 3.64. The van der Waals surface area contributed by atoms with Gasteiger partial charge in [0, 0.05) is 18.2 Å². The molecule has 0 fully saturated rings. The monoisotopic (exact) mass is 279 g/mol. The van der Waals surface area contributed by atoms with Gasteiger partial charge in [0.25, 0.3) is 0 Å². The summed E-state index contributed by atoms with van der Waals surface area (Å²) in [5, 5.41) is 3.32. The molecule has 3 heterocycles. The molecule has 0 unspecified atom stereocenters. The van der Waals surface area contributed by atoms with Crippen LogP contribution in [-0.2, 0) is 0 Å². The minimum atomic E-state index is -0.0862. The Morgan fingerprint density at radius 2 is 2.24 bits per heavy atom. The van der Waals surface area contributed by atoms with Crippen LogP contribution >= 0.6 is 0 Å². The summed E-state index contributed by atoms with van der Waals surface area (Å²) in [6, 6.07) is 9.64. The van der Waals surface area contributed by atoms with Crippen LogP contribution in [-0.4, -0.2) is 29.6 Å². The van der Waals surface area contributed by atoms with E-state index in [0.29, 0.717) is 5.56 Å². The number of rotatable bonds is 2. The number of nitrogens with one attached hydrogen (secondary N) is 1. The molecule has 2 aliphatic heterocycles. The Labute approximate surface area is 121 Å². The number of para-hydroxylation sites is 1. The van der Waals surface area contributed by atoms with Crippen molar-refractivity contribution in [1.82, 2.24) is 4.90 Å². The molecule has 104 valence electrons. The molecule has 2 aliphatic rings. The number of carbonyl (C=O) groups is 1. The van der Waals surface area contributed by atoms with Crippen LogP contribution in [0.3, 0.4) is 0 Å². The van der Waals surface area contributed by atoms with Crippen molar-refractivity contribution in [2.45, 2.75) is 0 Å². The third-order valence-electron chi connectivity index (χ3n) is 3.64. The largest absolute Gasteiger partial charge is 0.472 e. The molecule has 0 atom stereocenters. The van der Waals surface area contributed by atoms with Crippen LogP contribution in [0.5, 0.6) is 0 Å². The topological polar surface area (TPSA) is 57.8 Å². The molecule has 21 heavy (non-hydrogen) atoms. The summed E-state index contributed by atoms with van der Waals surface area (Å²) < 4.78 is 4.96. The molecule has 0 radical (unpaired) electrons. The van der Waals surface area contributed by atoms with E-state index in [1.807, 2.05) is 29.2 Å². The average molecular weight is 279 g/mol. The van der Waals surface area contributed by atoms with Crippen molar-refractivity contribution < 1.29 is 9.21 Å². The number of benzene rings is 1. The first-order valence-corrected chi connectivity index (χ1v) is 6.79. The molecule has 1 aromatic heterocycles. The average Bonchev–Trinajstić information content (AvgIpc) is 3.19. The Kier molecular flexibility index (Phi) is 2.64. The fourth-order valence-electron chi connectivity index (χ4n) is 2.63. The standard InChI is InChI=1S/C16H13N3O2/c20-14(11-5-8-21-10-11)9-15-18-13-4-2-1-3-12(13)16-17-6-7-19(15)16/h1-5,8-10,18H,6-7H2. The van der Waals surface area contributed by atoms with Crippen LogP contribution in [0.25, 0.3) is 0 Å². The lowest BCUT2D eigenvalue weighted by atomic mass is 10.1. The van der Waals surface area contributed by atoms with Gasteiger partial charge in [-0.25, -0.2) is 0 Å². The van der Waals surface area contributed by atoms with Crippen molar-refractivity contribution in [2.75, 3.05) is 18.4 Å². The number of hydrogen-bond acceptors (Lipinski definition) is 5. The molecule has 5 nitrogen and oxygen atoms in total. The van der Waals surface area contributed by atoms with E-state index in [1.54, 1.807) is 12.1 Å². The SMILES string of the molecule is O=C(C=C1Nc2ccccc2C2=NCCN12)c1ccoc1. The van der Waals surface area contributed by atoms with E-state index in [0.717, 1.165) is 36.0 Å². The first kappa shape index (κ1) is 12.0. The predicted molar refractivity (Wildman–Crippen MR) is 79.3 cm³/mol. The Morgan fingerprint density at radius 3 is 3.10 bits per heavy atom. The normalized spacial score (nSPS) is 18.0. The van der Waals surface area contributed by atoms with Crippen molar-refractivity contribution in [2.24, 2.45) is 4.99 Å². The number of furan rings is 1. The van der Waals surface area contributed by atoms with Gasteiger partial charge >= 0.3 is 0 Å². The minimum absolute atomic E-state index is 0.0862. The first-order chi connectivity index (χ1) is 10.3. The summed E-state index contributed by atoms with van der Waals surface area (Å²) in [6.45, 7) is 1.52. The van der Waals surface area contributed by atoms with Crippen LogP contribution in [0, 0.1) is 0 Å². The van der Waals surface area contributed by atoms with Gasteiger partial charge in [-0.15, -0.1) is 0 Å². The van der Waals surface area contributed by atoms with Crippen LogP contribution in [0.4, 0.5) is 5.69 Å². The van der Waals surface area contributed by atoms with Crippen molar-refractivity contribution in [3.8, 4) is 0 Å². The second kappa shape index (κ2) is 4.63. The number of nitrogens with zero attached hydrogens (tertiary/aromatic N) is 2. The maximum absolute atomic E-state index is 12.2. The zero-order valence-corrected chi connectivity index (χ0v) is 11.2. The number of amidine groups is 1. The van der Waals surface area contributed by atoms with Gasteiger partial charge in [0.2, 0.25) is 0 Å². The number of aliphatic imine (C=N–C) groups is 1. The number of allylic oxidation sites excluding steroid dienone is 1. The maximum Gasteiger partial charge on any atom is 0.192 e. The van der Waals surface area contributed by atoms with E-state index in [2.05, 4.69) is 10.3 Å². The van der Waals surface area contributed by atoms with Gasteiger partial charge in [-0.2, -0.15) is 0 Å². The molecule has 1 N–H and O–H groups in total. The fourth-order valence-corrected chi connectivity index (χ4v) is 2.63. The second-order valence-electron chi connectivity index (χ2n) is 4.93. The van der Waals surface area contributed by atoms with Crippen LogP contribution in [0.15, 0.2) is 64.2 Å². The molecule has 0 saturated carbocycles. The van der Waals surface area contributed by atoms with Crippen LogP contribution in [0.1, 0.15) is 15.9 Å². The lowest BCUT2D eigenvalue weighted by molar-refractivity contribution is 0.104. The lowest BCUT2D eigenvalue weighted by Gasteiger charge is -2.31. The molecule has 2 aromatic rings. The molecule has 0 bridgehead atoms. The summed E-state index contributed by atoms with van der Waals surface area (Å²) in [5.74, 6) is 1.60. The molecule has 0 spiro atoms. The van der Waals surface area contributed by atoms with E-state index < -0.39 is 0 Å². The number of hydrogen-bond donors (Lipinski definition) is 1. The van der Waals surface area contributed by atoms with E-state index in [9.17, 15) is 4.79 Å². The van der Waals surface area contributed by atoms with Gasteiger partial charge < -0.3 is 14.6 Å². The fraction of sp³-hybridized carbons (Fsp3) is 0.125. The summed E-state index contributed by atoms with van der Waals surface area (Å²) in [5.41, 5.74) is 2.59. The Balaban J connectivity index is 1.75. The van der Waals surface area contributed by atoms with E-state index in [1.165, 1.54) is 12.5 Å². The Hall–Kier alpha value is -2.82. The van der Waals surface area contributed by atoms with Gasteiger partial charge in [0.1, 0.15) is 17.9 Å². The van der Waals surface area contributed by atoms with Crippen LogP contribution < -0.4 is 5.32 Å². The first-order valence-electron chi connectivity index (χ1n) is 6.79. The Bertz CT molecular complexity index is 760.